The van der Waals surface area contributed by atoms with Crippen LogP contribution >= 0.6 is 11.3 Å². The fourth-order valence-corrected chi connectivity index (χ4v) is 3.73. The van der Waals surface area contributed by atoms with E-state index in [0.29, 0.717) is 11.6 Å². The normalized spacial score (nSPS) is 33.8. The van der Waals surface area contributed by atoms with Crippen molar-refractivity contribution >= 4 is 11.3 Å². The van der Waals surface area contributed by atoms with E-state index in [1.165, 1.54) is 23.5 Å². The molecule has 4 heteroatoms. The van der Waals surface area contributed by atoms with Crippen LogP contribution in [0, 0.1) is 12.8 Å². The van der Waals surface area contributed by atoms with Gasteiger partial charge in [-0.1, -0.05) is 0 Å². The summed E-state index contributed by atoms with van der Waals surface area (Å²) < 4.78 is 0. The van der Waals surface area contributed by atoms with E-state index in [4.69, 9.17) is 0 Å². The zero-order chi connectivity index (χ0) is 12.8. The third-order valence-corrected chi connectivity index (χ3v) is 5.32. The second kappa shape index (κ2) is 4.58. The lowest BCUT2D eigenvalue weighted by atomic mass is 9.89. The second-order valence-electron chi connectivity index (χ2n) is 6.15. The van der Waals surface area contributed by atoms with Gasteiger partial charge in [0.15, 0.2) is 0 Å². The van der Waals surface area contributed by atoms with Gasteiger partial charge in [-0.25, -0.2) is 4.98 Å². The number of piperazine rings is 1. The van der Waals surface area contributed by atoms with Crippen LogP contribution in [0.2, 0.25) is 0 Å². The van der Waals surface area contributed by atoms with Gasteiger partial charge in [0.1, 0.15) is 0 Å². The van der Waals surface area contributed by atoms with Crippen molar-refractivity contribution in [1.82, 2.24) is 15.2 Å². The summed E-state index contributed by atoms with van der Waals surface area (Å²) in [5.74, 6) is 0.886. The van der Waals surface area contributed by atoms with Gasteiger partial charge in [0, 0.05) is 36.6 Å². The average molecular weight is 265 g/mol. The summed E-state index contributed by atoms with van der Waals surface area (Å²) >= 11 is 1.76. The average Bonchev–Trinajstić information content (AvgIpc) is 3.10. The van der Waals surface area contributed by atoms with E-state index in [1.807, 2.05) is 0 Å². The maximum atomic E-state index is 4.63. The molecule has 2 atom stereocenters. The third kappa shape index (κ3) is 2.33. The number of thiazole rings is 1. The Morgan fingerprint density at radius 2 is 2.33 bits per heavy atom. The quantitative estimate of drug-likeness (QED) is 0.909. The summed E-state index contributed by atoms with van der Waals surface area (Å²) in [7, 11) is 0. The molecule has 0 aromatic carbocycles. The standard InChI is InChI=1S/C14H23N3S/c1-10-6-17(7-13-8-18-11(2)16-13)14(3,9-15-10)12-4-5-12/h8,10,12,15H,4-7,9H2,1-3H3. The van der Waals surface area contributed by atoms with Crippen LogP contribution in [0.25, 0.3) is 0 Å². The molecule has 18 heavy (non-hydrogen) atoms. The maximum absolute atomic E-state index is 4.63. The van der Waals surface area contributed by atoms with Crippen molar-refractivity contribution in [1.29, 1.82) is 0 Å². The third-order valence-electron chi connectivity index (χ3n) is 4.50. The highest BCUT2D eigenvalue weighted by molar-refractivity contribution is 7.09. The Balaban J connectivity index is 1.77. The summed E-state index contributed by atoms with van der Waals surface area (Å²) in [6, 6.07) is 0.594. The van der Waals surface area contributed by atoms with Crippen molar-refractivity contribution in [3.8, 4) is 0 Å². The number of nitrogens with zero attached hydrogens (tertiary/aromatic N) is 2. The van der Waals surface area contributed by atoms with E-state index in [-0.39, 0.29) is 0 Å². The first-order chi connectivity index (χ1) is 8.58. The molecule has 1 saturated carbocycles. The number of aromatic nitrogens is 1. The van der Waals surface area contributed by atoms with Crippen molar-refractivity contribution in [2.24, 2.45) is 5.92 Å². The molecule has 0 radical (unpaired) electrons. The molecule has 0 amide bonds. The molecule has 2 aliphatic rings. The zero-order valence-corrected chi connectivity index (χ0v) is 12.4. The van der Waals surface area contributed by atoms with Crippen LogP contribution in [0.3, 0.4) is 0 Å². The fraction of sp³-hybridized carbons (Fsp3) is 0.786. The number of aryl methyl sites for hydroxylation is 1. The molecule has 1 aliphatic carbocycles. The van der Waals surface area contributed by atoms with Gasteiger partial charge in [0.25, 0.3) is 0 Å². The molecule has 1 saturated heterocycles. The largest absolute Gasteiger partial charge is 0.311 e. The molecule has 1 aliphatic heterocycles. The van der Waals surface area contributed by atoms with Crippen LogP contribution < -0.4 is 5.32 Å². The predicted octanol–water partition coefficient (Wildman–Crippen LogP) is 2.41. The molecular formula is C14H23N3S. The first-order valence-corrected chi connectivity index (χ1v) is 7.85. The lowest BCUT2D eigenvalue weighted by molar-refractivity contribution is 0.0303. The smallest absolute Gasteiger partial charge is 0.0897 e. The minimum Gasteiger partial charge on any atom is -0.311 e. The highest BCUT2D eigenvalue weighted by Gasteiger charge is 2.47. The van der Waals surface area contributed by atoms with E-state index in [2.05, 4.69) is 41.4 Å². The zero-order valence-electron chi connectivity index (χ0n) is 11.6. The summed E-state index contributed by atoms with van der Waals surface area (Å²) in [4.78, 5) is 7.30. The lowest BCUT2D eigenvalue weighted by Crippen LogP contribution is -2.63. The highest BCUT2D eigenvalue weighted by Crippen LogP contribution is 2.44. The number of rotatable bonds is 3. The molecule has 2 heterocycles. The van der Waals surface area contributed by atoms with Crippen molar-refractivity contribution < 1.29 is 0 Å². The monoisotopic (exact) mass is 265 g/mol. The summed E-state index contributed by atoms with van der Waals surface area (Å²) in [6.45, 7) is 10.1. The topological polar surface area (TPSA) is 28.2 Å². The lowest BCUT2D eigenvalue weighted by Gasteiger charge is -2.48. The fourth-order valence-electron chi connectivity index (χ4n) is 3.13. The van der Waals surface area contributed by atoms with E-state index >= 15 is 0 Å². The first-order valence-electron chi connectivity index (χ1n) is 6.97. The molecule has 100 valence electrons. The molecular weight excluding hydrogens is 242 g/mol. The first kappa shape index (κ1) is 12.6. The van der Waals surface area contributed by atoms with Crippen molar-refractivity contribution in [2.75, 3.05) is 13.1 Å². The highest BCUT2D eigenvalue weighted by atomic mass is 32.1. The minimum absolute atomic E-state index is 0.337. The Hall–Kier alpha value is -0.450. The Bertz CT molecular complexity index is 426. The molecule has 2 fully saturated rings. The Labute approximate surface area is 114 Å². The summed E-state index contributed by atoms with van der Waals surface area (Å²) in [5.41, 5.74) is 1.59. The van der Waals surface area contributed by atoms with Crippen LogP contribution in [0.5, 0.6) is 0 Å². The van der Waals surface area contributed by atoms with Crippen LogP contribution in [-0.4, -0.2) is 34.6 Å². The van der Waals surface area contributed by atoms with Crippen molar-refractivity contribution in [3.05, 3.63) is 16.1 Å². The van der Waals surface area contributed by atoms with Gasteiger partial charge < -0.3 is 5.32 Å². The van der Waals surface area contributed by atoms with Gasteiger partial charge in [-0.15, -0.1) is 11.3 Å². The second-order valence-corrected chi connectivity index (χ2v) is 7.21. The van der Waals surface area contributed by atoms with Gasteiger partial charge in [0.05, 0.1) is 10.7 Å². The molecule has 0 spiro atoms. The van der Waals surface area contributed by atoms with Gasteiger partial charge >= 0.3 is 0 Å². The molecule has 0 bridgehead atoms. The number of nitrogens with one attached hydrogen (secondary N) is 1. The van der Waals surface area contributed by atoms with Crippen LogP contribution in [0.1, 0.15) is 37.4 Å². The molecule has 3 nitrogen and oxygen atoms in total. The minimum atomic E-state index is 0.337. The van der Waals surface area contributed by atoms with Gasteiger partial charge in [-0.05, 0) is 39.5 Å². The van der Waals surface area contributed by atoms with Crippen molar-refractivity contribution in [3.63, 3.8) is 0 Å². The maximum Gasteiger partial charge on any atom is 0.0897 e. The molecule has 1 aromatic rings. The van der Waals surface area contributed by atoms with E-state index in [9.17, 15) is 0 Å². The SMILES string of the molecule is Cc1nc(CN2CC(C)NCC2(C)C2CC2)cs1. The Morgan fingerprint density at radius 1 is 1.56 bits per heavy atom. The summed E-state index contributed by atoms with van der Waals surface area (Å²) in [5, 5.41) is 7.05. The van der Waals surface area contributed by atoms with Crippen molar-refractivity contribution in [2.45, 2.75) is 51.7 Å². The van der Waals surface area contributed by atoms with Crippen LogP contribution in [-0.2, 0) is 6.54 Å². The molecule has 3 rings (SSSR count). The number of hydrogen-bond acceptors (Lipinski definition) is 4. The van der Waals surface area contributed by atoms with Gasteiger partial charge in [-0.2, -0.15) is 0 Å². The van der Waals surface area contributed by atoms with Gasteiger partial charge in [0.2, 0.25) is 0 Å². The molecule has 1 N–H and O–H groups in total. The molecule has 1 aromatic heterocycles. The Morgan fingerprint density at radius 3 is 2.94 bits per heavy atom. The van der Waals surface area contributed by atoms with E-state index in [0.717, 1.165) is 25.6 Å². The van der Waals surface area contributed by atoms with Crippen LogP contribution in [0.15, 0.2) is 5.38 Å². The van der Waals surface area contributed by atoms with E-state index < -0.39 is 0 Å². The van der Waals surface area contributed by atoms with Crippen LogP contribution in [0.4, 0.5) is 0 Å². The number of hydrogen-bond donors (Lipinski definition) is 1. The summed E-state index contributed by atoms with van der Waals surface area (Å²) in [6.07, 6.45) is 2.80. The molecule has 2 unspecified atom stereocenters. The van der Waals surface area contributed by atoms with Gasteiger partial charge in [-0.3, -0.25) is 4.90 Å². The van der Waals surface area contributed by atoms with E-state index in [1.54, 1.807) is 11.3 Å². The Kier molecular flexibility index (Phi) is 3.20. The predicted molar refractivity (Wildman–Crippen MR) is 75.9 cm³/mol.